The predicted octanol–water partition coefficient (Wildman–Crippen LogP) is 2.09. The zero-order valence-electron chi connectivity index (χ0n) is 10.6. The van der Waals surface area contributed by atoms with Gasteiger partial charge in [0.1, 0.15) is 0 Å². The molecule has 0 fully saturated rings. The van der Waals surface area contributed by atoms with Gasteiger partial charge in [0.25, 0.3) is 0 Å². The van der Waals surface area contributed by atoms with Crippen LogP contribution < -0.4 is 5.69 Å². The molecule has 5 nitrogen and oxygen atoms in total. The highest BCUT2D eigenvalue weighted by atomic mass is 79.9. The maximum absolute atomic E-state index is 12.2. The Hall–Kier alpha value is -1.17. The van der Waals surface area contributed by atoms with Gasteiger partial charge in [-0.25, -0.2) is 13.9 Å². The minimum Gasteiger partial charge on any atom is -0.259 e. The summed E-state index contributed by atoms with van der Waals surface area (Å²) < 4.78 is 3.07. The summed E-state index contributed by atoms with van der Waals surface area (Å²) in [7, 11) is 0. The Bertz CT molecular complexity index is 577. The fourth-order valence-corrected chi connectivity index (χ4v) is 2.98. The van der Waals surface area contributed by atoms with Crippen molar-refractivity contribution in [3.63, 3.8) is 0 Å². The smallest absolute Gasteiger partial charge is 0.259 e. The van der Waals surface area contributed by atoms with Crippen LogP contribution in [-0.4, -0.2) is 24.5 Å². The number of rotatable bonds is 5. The Morgan fingerprint density at radius 3 is 2.67 bits per heavy atom. The van der Waals surface area contributed by atoms with Crippen LogP contribution in [0.15, 0.2) is 23.4 Å². The van der Waals surface area contributed by atoms with Crippen molar-refractivity contribution in [3.8, 4) is 0 Å². The molecule has 0 aliphatic rings. The molecule has 0 bridgehead atoms. The van der Waals surface area contributed by atoms with Crippen LogP contribution in [0.25, 0.3) is 5.65 Å². The lowest BCUT2D eigenvalue weighted by atomic mass is 9.85. The molecule has 2 rings (SSSR count). The normalized spacial score (nSPS) is 12.2. The first-order valence-electron chi connectivity index (χ1n) is 6.11. The fraction of sp³-hybridized carbons (Fsp3) is 0.583. The van der Waals surface area contributed by atoms with Gasteiger partial charge in [-0.1, -0.05) is 29.8 Å². The van der Waals surface area contributed by atoms with Gasteiger partial charge in [-0.05, 0) is 18.3 Å². The molecule has 98 valence electrons. The fourth-order valence-electron chi connectivity index (χ4n) is 2.01. The average Bonchev–Trinajstić information content (AvgIpc) is 2.73. The summed E-state index contributed by atoms with van der Waals surface area (Å²) in [6, 6.07) is 0. The molecule has 0 saturated carbocycles. The van der Waals surface area contributed by atoms with E-state index < -0.39 is 0 Å². The molecule has 0 radical (unpaired) electrons. The second-order valence-corrected chi connectivity index (χ2v) is 5.15. The third-order valence-corrected chi connectivity index (χ3v) is 4.85. The minimum atomic E-state index is -0.0976. The van der Waals surface area contributed by atoms with Gasteiger partial charge >= 0.3 is 5.69 Å². The lowest BCUT2D eigenvalue weighted by Crippen LogP contribution is -2.33. The first-order valence-corrected chi connectivity index (χ1v) is 7.23. The third kappa shape index (κ3) is 2.21. The number of alkyl halides is 1. The van der Waals surface area contributed by atoms with Crippen LogP contribution in [0, 0.1) is 5.41 Å². The molecule has 0 saturated heterocycles. The number of aromatic nitrogens is 4. The molecule has 18 heavy (non-hydrogen) atoms. The van der Waals surface area contributed by atoms with E-state index in [-0.39, 0.29) is 11.1 Å². The van der Waals surface area contributed by atoms with Crippen LogP contribution >= 0.6 is 15.9 Å². The first kappa shape index (κ1) is 13.3. The first-order chi connectivity index (χ1) is 8.65. The summed E-state index contributed by atoms with van der Waals surface area (Å²) in [5, 5.41) is 5.19. The molecule has 0 aliphatic heterocycles. The Labute approximate surface area is 114 Å². The van der Waals surface area contributed by atoms with Crippen molar-refractivity contribution in [1.82, 2.24) is 19.2 Å². The van der Waals surface area contributed by atoms with Crippen molar-refractivity contribution in [1.29, 1.82) is 0 Å². The Morgan fingerprint density at radius 2 is 2.11 bits per heavy atom. The van der Waals surface area contributed by atoms with Crippen molar-refractivity contribution in [2.75, 3.05) is 5.33 Å². The summed E-state index contributed by atoms with van der Waals surface area (Å²) in [6.45, 7) is 4.92. The van der Waals surface area contributed by atoms with Gasteiger partial charge in [0, 0.05) is 17.7 Å². The molecule has 0 unspecified atom stereocenters. The number of hydrogen-bond donors (Lipinski definition) is 0. The lowest BCUT2D eigenvalue weighted by molar-refractivity contribution is 0.244. The van der Waals surface area contributed by atoms with Crippen molar-refractivity contribution in [2.24, 2.45) is 5.41 Å². The Kier molecular flexibility index (Phi) is 3.85. The Balaban J connectivity index is 2.43. The van der Waals surface area contributed by atoms with Gasteiger partial charge < -0.3 is 0 Å². The molecule has 2 heterocycles. The average molecular weight is 313 g/mol. The Morgan fingerprint density at radius 1 is 1.39 bits per heavy atom. The van der Waals surface area contributed by atoms with Gasteiger partial charge in [-0.2, -0.15) is 0 Å². The van der Waals surface area contributed by atoms with Crippen molar-refractivity contribution >= 4 is 21.6 Å². The topological polar surface area (TPSA) is 52.2 Å². The van der Waals surface area contributed by atoms with Crippen LogP contribution in [0.2, 0.25) is 0 Å². The van der Waals surface area contributed by atoms with Gasteiger partial charge in [-0.3, -0.25) is 4.98 Å². The molecule has 2 aromatic heterocycles. The summed E-state index contributed by atoms with van der Waals surface area (Å²) >= 11 is 3.56. The van der Waals surface area contributed by atoms with E-state index in [1.165, 1.54) is 4.40 Å². The molecule has 0 amide bonds. The van der Waals surface area contributed by atoms with E-state index in [9.17, 15) is 4.79 Å². The highest BCUT2D eigenvalue weighted by Crippen LogP contribution is 2.30. The highest BCUT2D eigenvalue weighted by Gasteiger charge is 2.27. The summed E-state index contributed by atoms with van der Waals surface area (Å²) in [6.07, 6.45) is 6.86. The molecule has 0 atom stereocenters. The van der Waals surface area contributed by atoms with E-state index in [1.807, 2.05) is 0 Å². The van der Waals surface area contributed by atoms with E-state index >= 15 is 0 Å². The summed E-state index contributed by atoms with van der Waals surface area (Å²) in [5.41, 5.74) is 0.577. The zero-order valence-corrected chi connectivity index (χ0v) is 12.2. The van der Waals surface area contributed by atoms with Gasteiger partial charge in [0.05, 0.1) is 12.7 Å². The molecule has 0 aliphatic carbocycles. The second kappa shape index (κ2) is 5.22. The highest BCUT2D eigenvalue weighted by molar-refractivity contribution is 9.09. The largest absolute Gasteiger partial charge is 0.350 e. The molecule has 0 aromatic carbocycles. The number of halogens is 1. The van der Waals surface area contributed by atoms with Gasteiger partial charge in [0.15, 0.2) is 5.65 Å². The van der Waals surface area contributed by atoms with Crippen LogP contribution in [0.4, 0.5) is 0 Å². The van der Waals surface area contributed by atoms with E-state index in [0.29, 0.717) is 12.2 Å². The lowest BCUT2D eigenvalue weighted by Gasteiger charge is -2.28. The molecule has 0 N–H and O–H groups in total. The SMILES string of the molecule is CCC(CC)(CBr)Cn1nc2cnccn2c1=O. The van der Waals surface area contributed by atoms with Crippen molar-refractivity contribution in [2.45, 2.75) is 33.2 Å². The number of hydrogen-bond acceptors (Lipinski definition) is 3. The van der Waals surface area contributed by atoms with E-state index in [2.05, 4.69) is 39.9 Å². The monoisotopic (exact) mass is 312 g/mol. The van der Waals surface area contributed by atoms with Crippen LogP contribution in [0.5, 0.6) is 0 Å². The van der Waals surface area contributed by atoms with Crippen molar-refractivity contribution in [3.05, 3.63) is 29.1 Å². The summed E-state index contributed by atoms with van der Waals surface area (Å²) in [4.78, 5) is 16.2. The van der Waals surface area contributed by atoms with Gasteiger partial charge in [-0.15, -0.1) is 5.10 Å². The van der Waals surface area contributed by atoms with Crippen molar-refractivity contribution < 1.29 is 0 Å². The number of nitrogens with zero attached hydrogens (tertiary/aromatic N) is 4. The maximum atomic E-state index is 12.2. The van der Waals surface area contributed by atoms with E-state index in [1.54, 1.807) is 23.3 Å². The van der Waals surface area contributed by atoms with Gasteiger partial charge in [0.2, 0.25) is 0 Å². The van der Waals surface area contributed by atoms with Crippen LogP contribution in [0.1, 0.15) is 26.7 Å². The standard InChI is InChI=1S/C12H17BrN4O/c1-3-12(4-2,8-13)9-17-11(18)16-6-5-14-7-10(16)15-17/h5-7H,3-4,8-9H2,1-2H3. The molecular formula is C12H17BrN4O. The zero-order chi connectivity index (χ0) is 13.2. The van der Waals surface area contributed by atoms with E-state index in [0.717, 1.165) is 18.2 Å². The minimum absolute atomic E-state index is 0.0786. The summed E-state index contributed by atoms with van der Waals surface area (Å²) in [5.74, 6) is 0. The molecule has 6 heteroatoms. The third-order valence-electron chi connectivity index (χ3n) is 3.66. The van der Waals surface area contributed by atoms with Crippen LogP contribution in [0.3, 0.4) is 0 Å². The predicted molar refractivity (Wildman–Crippen MR) is 74.1 cm³/mol. The second-order valence-electron chi connectivity index (χ2n) is 4.59. The quantitative estimate of drug-likeness (QED) is 0.794. The molecular weight excluding hydrogens is 296 g/mol. The van der Waals surface area contributed by atoms with Crippen LogP contribution in [-0.2, 0) is 6.54 Å². The number of fused-ring (bicyclic) bond motifs is 1. The molecule has 0 spiro atoms. The molecule has 2 aromatic rings. The maximum Gasteiger partial charge on any atom is 0.350 e. The van der Waals surface area contributed by atoms with E-state index in [4.69, 9.17) is 0 Å².